The van der Waals surface area contributed by atoms with Gasteiger partial charge < -0.3 is 10.1 Å². The van der Waals surface area contributed by atoms with Crippen molar-refractivity contribution >= 4 is 23.3 Å². The van der Waals surface area contributed by atoms with Crippen LogP contribution >= 0.6 is 0 Å². The summed E-state index contributed by atoms with van der Waals surface area (Å²) >= 11 is 0. The molecule has 0 aliphatic heterocycles. The van der Waals surface area contributed by atoms with E-state index in [1.165, 1.54) is 10.7 Å². The number of ether oxygens (including phenoxy) is 1. The lowest BCUT2D eigenvalue weighted by atomic mass is 10.2. The Kier molecular flexibility index (Phi) is 4.82. The molecule has 146 valence electrons. The fourth-order valence-corrected chi connectivity index (χ4v) is 2.91. The standard InChI is InChI=1S/C21H19N5O3/c1-3-29-20(28)19-24-26(16-7-5-4-6-8-16)21-23-17(13-18(27)25(19)21)22-15-11-9-14(2)10-12-15/h4-13,22H,3H2,1-2H3. The summed E-state index contributed by atoms with van der Waals surface area (Å²) in [5.74, 6) is -0.242. The van der Waals surface area contributed by atoms with Crippen molar-refractivity contribution in [3.63, 3.8) is 0 Å². The predicted molar refractivity (Wildman–Crippen MR) is 109 cm³/mol. The third kappa shape index (κ3) is 3.60. The van der Waals surface area contributed by atoms with Gasteiger partial charge in [0.2, 0.25) is 11.6 Å². The molecule has 2 heterocycles. The molecule has 8 nitrogen and oxygen atoms in total. The summed E-state index contributed by atoms with van der Waals surface area (Å²) in [6.07, 6.45) is 0. The Morgan fingerprint density at radius 2 is 1.83 bits per heavy atom. The summed E-state index contributed by atoms with van der Waals surface area (Å²) in [5, 5.41) is 7.44. The summed E-state index contributed by atoms with van der Waals surface area (Å²) in [6.45, 7) is 3.86. The van der Waals surface area contributed by atoms with Gasteiger partial charge in [0, 0.05) is 11.8 Å². The maximum atomic E-state index is 12.8. The van der Waals surface area contributed by atoms with Crippen LogP contribution in [-0.2, 0) is 4.74 Å². The van der Waals surface area contributed by atoms with Crippen molar-refractivity contribution < 1.29 is 9.53 Å². The van der Waals surface area contributed by atoms with Crippen molar-refractivity contribution in [2.45, 2.75) is 13.8 Å². The number of anilines is 2. The highest BCUT2D eigenvalue weighted by Crippen LogP contribution is 2.17. The van der Waals surface area contributed by atoms with Gasteiger partial charge in [-0.1, -0.05) is 35.9 Å². The molecule has 1 N–H and O–H groups in total. The predicted octanol–water partition coefficient (Wildman–Crippen LogP) is 3.11. The molecule has 0 atom stereocenters. The van der Waals surface area contributed by atoms with Crippen LogP contribution in [0.2, 0.25) is 0 Å². The van der Waals surface area contributed by atoms with E-state index in [-0.39, 0.29) is 18.2 Å². The van der Waals surface area contributed by atoms with Crippen LogP contribution in [0.1, 0.15) is 23.1 Å². The highest BCUT2D eigenvalue weighted by atomic mass is 16.5. The zero-order valence-corrected chi connectivity index (χ0v) is 16.0. The fraction of sp³-hybridized carbons (Fsp3) is 0.143. The summed E-state index contributed by atoms with van der Waals surface area (Å²) in [6, 6.07) is 18.2. The van der Waals surface area contributed by atoms with Crippen molar-refractivity contribution in [3.8, 4) is 5.69 Å². The third-order valence-corrected chi connectivity index (χ3v) is 4.28. The molecule has 0 aliphatic carbocycles. The second-order valence-corrected chi connectivity index (χ2v) is 6.40. The fourth-order valence-electron chi connectivity index (χ4n) is 2.91. The molecular formula is C21H19N5O3. The first-order valence-corrected chi connectivity index (χ1v) is 9.16. The Balaban J connectivity index is 1.89. The van der Waals surface area contributed by atoms with Gasteiger partial charge in [0.1, 0.15) is 5.82 Å². The molecule has 0 unspecified atom stereocenters. The van der Waals surface area contributed by atoms with Crippen LogP contribution in [0, 0.1) is 6.92 Å². The van der Waals surface area contributed by atoms with E-state index in [0.717, 1.165) is 15.7 Å². The minimum absolute atomic E-state index is 0.120. The number of rotatable bonds is 5. The molecule has 0 fully saturated rings. The van der Waals surface area contributed by atoms with Gasteiger partial charge in [-0.3, -0.25) is 4.79 Å². The van der Waals surface area contributed by atoms with E-state index < -0.39 is 11.5 Å². The number of hydrogen-bond donors (Lipinski definition) is 1. The van der Waals surface area contributed by atoms with Gasteiger partial charge in [0.05, 0.1) is 12.3 Å². The first-order valence-electron chi connectivity index (χ1n) is 9.16. The second-order valence-electron chi connectivity index (χ2n) is 6.40. The van der Waals surface area contributed by atoms with Crippen molar-refractivity contribution in [1.82, 2.24) is 19.2 Å². The molecule has 0 saturated carbocycles. The van der Waals surface area contributed by atoms with E-state index >= 15 is 0 Å². The molecule has 0 saturated heterocycles. The van der Waals surface area contributed by atoms with Crippen LogP contribution in [0.5, 0.6) is 0 Å². The van der Waals surface area contributed by atoms with Gasteiger partial charge in [0.15, 0.2) is 0 Å². The van der Waals surface area contributed by atoms with Crippen LogP contribution < -0.4 is 10.9 Å². The Morgan fingerprint density at radius 3 is 2.52 bits per heavy atom. The van der Waals surface area contributed by atoms with Gasteiger partial charge in [-0.15, -0.1) is 5.10 Å². The molecule has 2 aromatic carbocycles. The van der Waals surface area contributed by atoms with Crippen molar-refractivity contribution in [2.24, 2.45) is 0 Å². The van der Waals surface area contributed by atoms with E-state index in [1.54, 1.807) is 6.92 Å². The van der Waals surface area contributed by atoms with E-state index in [0.29, 0.717) is 11.5 Å². The maximum Gasteiger partial charge on any atom is 0.376 e. The van der Waals surface area contributed by atoms with E-state index in [2.05, 4.69) is 15.4 Å². The summed E-state index contributed by atoms with van der Waals surface area (Å²) in [5.41, 5.74) is 2.15. The van der Waals surface area contributed by atoms with Crippen molar-refractivity contribution in [1.29, 1.82) is 0 Å². The van der Waals surface area contributed by atoms with Crippen LogP contribution in [0.25, 0.3) is 11.5 Å². The highest BCUT2D eigenvalue weighted by Gasteiger charge is 2.22. The van der Waals surface area contributed by atoms with Gasteiger partial charge in [0.25, 0.3) is 5.56 Å². The number of benzene rings is 2. The van der Waals surface area contributed by atoms with E-state index in [1.807, 2.05) is 61.5 Å². The number of nitrogens with zero attached hydrogens (tertiary/aromatic N) is 4. The van der Waals surface area contributed by atoms with Gasteiger partial charge >= 0.3 is 5.97 Å². The van der Waals surface area contributed by atoms with Gasteiger partial charge in [-0.25, -0.2) is 9.20 Å². The average molecular weight is 389 g/mol. The lowest BCUT2D eigenvalue weighted by molar-refractivity contribution is 0.0509. The lowest BCUT2D eigenvalue weighted by Crippen LogP contribution is -2.20. The molecule has 0 radical (unpaired) electrons. The number of aromatic nitrogens is 4. The molecule has 8 heteroatoms. The number of para-hydroxylation sites is 1. The molecule has 0 spiro atoms. The van der Waals surface area contributed by atoms with Crippen LogP contribution in [0.15, 0.2) is 65.5 Å². The first-order chi connectivity index (χ1) is 14.1. The molecule has 0 aliphatic rings. The molecule has 4 aromatic rings. The van der Waals surface area contributed by atoms with Gasteiger partial charge in [-0.2, -0.15) is 9.67 Å². The van der Waals surface area contributed by atoms with E-state index in [9.17, 15) is 9.59 Å². The van der Waals surface area contributed by atoms with Crippen molar-refractivity contribution in [2.75, 3.05) is 11.9 Å². The maximum absolute atomic E-state index is 12.8. The Labute approximate surface area is 166 Å². The number of hydrogen-bond acceptors (Lipinski definition) is 6. The quantitative estimate of drug-likeness (QED) is 0.528. The molecule has 2 aromatic heterocycles. The molecule has 4 rings (SSSR count). The van der Waals surface area contributed by atoms with Crippen LogP contribution in [0.3, 0.4) is 0 Å². The number of fused-ring (bicyclic) bond motifs is 1. The molecule has 0 bridgehead atoms. The summed E-state index contributed by atoms with van der Waals surface area (Å²) in [7, 11) is 0. The smallest absolute Gasteiger partial charge is 0.376 e. The largest absolute Gasteiger partial charge is 0.460 e. The van der Waals surface area contributed by atoms with Crippen LogP contribution in [0.4, 0.5) is 11.5 Å². The van der Waals surface area contributed by atoms with Crippen molar-refractivity contribution in [3.05, 3.63) is 82.4 Å². The number of esters is 1. The molecular weight excluding hydrogens is 370 g/mol. The van der Waals surface area contributed by atoms with E-state index in [4.69, 9.17) is 4.74 Å². The number of carbonyl (C=O) groups is 1. The Morgan fingerprint density at radius 1 is 1.10 bits per heavy atom. The highest BCUT2D eigenvalue weighted by molar-refractivity contribution is 5.86. The second kappa shape index (κ2) is 7.59. The SMILES string of the molecule is CCOC(=O)c1nn(-c2ccccc2)c2nc(Nc3ccc(C)cc3)cc(=O)n12. The first kappa shape index (κ1) is 18.4. The summed E-state index contributed by atoms with van der Waals surface area (Å²) < 4.78 is 7.67. The topological polar surface area (TPSA) is 90.5 Å². The molecule has 29 heavy (non-hydrogen) atoms. The third-order valence-electron chi connectivity index (χ3n) is 4.28. The summed E-state index contributed by atoms with van der Waals surface area (Å²) in [4.78, 5) is 29.7. The monoisotopic (exact) mass is 389 g/mol. The lowest BCUT2D eigenvalue weighted by Gasteiger charge is -2.07. The zero-order chi connectivity index (χ0) is 20.4. The molecule has 0 amide bonds. The minimum Gasteiger partial charge on any atom is -0.460 e. The average Bonchev–Trinajstić information content (AvgIpc) is 3.11. The zero-order valence-electron chi connectivity index (χ0n) is 16.0. The minimum atomic E-state index is -0.685. The van der Waals surface area contributed by atoms with Gasteiger partial charge in [-0.05, 0) is 38.1 Å². The number of carbonyl (C=O) groups excluding carboxylic acids is 1. The normalized spacial score (nSPS) is 10.8. The Bertz CT molecular complexity index is 1230. The van der Waals surface area contributed by atoms with Crippen LogP contribution in [-0.4, -0.2) is 31.7 Å². The number of nitrogens with one attached hydrogen (secondary N) is 1. The number of aryl methyl sites for hydroxylation is 1. The Hall–Kier alpha value is -3.94.